The summed E-state index contributed by atoms with van der Waals surface area (Å²) in [4.78, 5) is 24.8. The highest BCUT2D eigenvalue weighted by Crippen LogP contribution is 2.65. The molecule has 1 aliphatic carbocycles. The highest BCUT2D eigenvalue weighted by molar-refractivity contribution is 6.33. The number of hydrogen-bond donors (Lipinski definition) is 1. The highest BCUT2D eigenvalue weighted by Gasteiger charge is 2.75. The van der Waals surface area contributed by atoms with Gasteiger partial charge in [-0.25, -0.2) is 5.43 Å². The minimum absolute atomic E-state index is 0.306. The third-order valence-electron chi connectivity index (χ3n) is 5.73. The van der Waals surface area contributed by atoms with Gasteiger partial charge in [-0.05, 0) is 25.8 Å². The summed E-state index contributed by atoms with van der Waals surface area (Å²) >= 11 is 6.04. The molecule has 0 spiro atoms. The van der Waals surface area contributed by atoms with E-state index in [0.717, 1.165) is 0 Å². The SMILES string of the molecule is CC1(C)[C@@]2(C)CC[C@]1(C(=O)N/N=C\c1ccccc1Cl)OC2=O. The van der Waals surface area contributed by atoms with Gasteiger partial charge in [0.2, 0.25) is 0 Å². The third kappa shape index (κ3) is 2.02. The lowest BCUT2D eigenvalue weighted by molar-refractivity contribution is -0.168. The van der Waals surface area contributed by atoms with E-state index in [4.69, 9.17) is 16.3 Å². The van der Waals surface area contributed by atoms with E-state index in [9.17, 15) is 9.59 Å². The Labute approximate surface area is 140 Å². The molecular formula is C17H19ClN2O3. The Morgan fingerprint density at radius 1 is 1.30 bits per heavy atom. The van der Waals surface area contributed by atoms with Gasteiger partial charge in [0, 0.05) is 16.0 Å². The number of esters is 1. The van der Waals surface area contributed by atoms with E-state index >= 15 is 0 Å². The van der Waals surface area contributed by atoms with Gasteiger partial charge < -0.3 is 4.74 Å². The van der Waals surface area contributed by atoms with Crippen molar-refractivity contribution in [2.75, 3.05) is 0 Å². The van der Waals surface area contributed by atoms with Crippen molar-refractivity contribution in [1.82, 2.24) is 5.43 Å². The van der Waals surface area contributed by atoms with Crippen LogP contribution in [0.4, 0.5) is 0 Å². The minimum atomic E-state index is -1.16. The second-order valence-corrected chi connectivity index (χ2v) is 7.30. The Bertz CT molecular complexity index is 716. The zero-order valence-electron chi connectivity index (χ0n) is 13.4. The molecule has 0 radical (unpaired) electrons. The molecule has 2 aliphatic rings. The van der Waals surface area contributed by atoms with E-state index < -0.39 is 16.4 Å². The van der Waals surface area contributed by atoms with Crippen LogP contribution in [0.2, 0.25) is 5.02 Å². The fraction of sp³-hybridized carbons (Fsp3) is 0.471. The average molecular weight is 335 g/mol. The molecule has 122 valence electrons. The molecule has 5 nitrogen and oxygen atoms in total. The quantitative estimate of drug-likeness (QED) is 0.525. The first-order chi connectivity index (χ1) is 10.7. The molecular weight excluding hydrogens is 316 g/mol. The standard InChI is InChI=1S/C17H19ClN2O3/c1-15(2)16(3)8-9-17(15,23-14(16)22)13(21)20-19-10-11-6-4-5-7-12(11)18/h4-7,10H,8-9H2,1-3H3,(H,20,21)/b19-10-/t16-,17+/m0/s1. The molecule has 1 N–H and O–H groups in total. The van der Waals surface area contributed by atoms with Crippen molar-refractivity contribution in [3.05, 3.63) is 34.9 Å². The Morgan fingerprint density at radius 3 is 2.57 bits per heavy atom. The van der Waals surface area contributed by atoms with Crippen molar-refractivity contribution in [3.8, 4) is 0 Å². The largest absolute Gasteiger partial charge is 0.448 e. The number of carbonyl (C=O) groups is 2. The predicted octanol–water partition coefficient (Wildman–Crippen LogP) is 2.91. The summed E-state index contributed by atoms with van der Waals surface area (Å²) in [6.07, 6.45) is 2.63. The molecule has 0 aromatic heterocycles. The first-order valence-electron chi connectivity index (χ1n) is 7.56. The van der Waals surface area contributed by atoms with Crippen LogP contribution in [-0.2, 0) is 14.3 Å². The van der Waals surface area contributed by atoms with Crippen molar-refractivity contribution in [2.45, 2.75) is 39.2 Å². The van der Waals surface area contributed by atoms with Gasteiger partial charge in [0.25, 0.3) is 5.91 Å². The van der Waals surface area contributed by atoms with E-state index in [2.05, 4.69) is 10.5 Å². The molecule has 3 rings (SSSR count). The van der Waals surface area contributed by atoms with Crippen molar-refractivity contribution >= 4 is 29.7 Å². The van der Waals surface area contributed by atoms with Gasteiger partial charge in [0.1, 0.15) is 0 Å². The van der Waals surface area contributed by atoms with Crippen LogP contribution in [0.25, 0.3) is 0 Å². The first kappa shape index (κ1) is 16.0. The van der Waals surface area contributed by atoms with Gasteiger partial charge >= 0.3 is 5.97 Å². The summed E-state index contributed by atoms with van der Waals surface area (Å²) in [5.41, 5.74) is 0.840. The number of ether oxygens (including phenoxy) is 1. The molecule has 1 aliphatic heterocycles. The zero-order valence-corrected chi connectivity index (χ0v) is 14.1. The number of rotatable bonds is 3. The monoisotopic (exact) mass is 334 g/mol. The maximum atomic E-state index is 12.7. The van der Waals surface area contributed by atoms with Crippen LogP contribution in [0.1, 0.15) is 39.2 Å². The topological polar surface area (TPSA) is 67.8 Å². The highest BCUT2D eigenvalue weighted by atomic mass is 35.5. The maximum Gasteiger partial charge on any atom is 0.313 e. The van der Waals surface area contributed by atoms with Crippen molar-refractivity contribution < 1.29 is 14.3 Å². The van der Waals surface area contributed by atoms with Crippen LogP contribution in [-0.4, -0.2) is 23.7 Å². The molecule has 2 atom stereocenters. The van der Waals surface area contributed by atoms with Crippen LogP contribution in [0, 0.1) is 10.8 Å². The molecule has 0 unspecified atom stereocenters. The molecule has 1 aromatic carbocycles. The van der Waals surface area contributed by atoms with Gasteiger partial charge in [-0.3, -0.25) is 9.59 Å². The lowest BCUT2D eigenvalue weighted by Crippen LogP contribution is -2.52. The van der Waals surface area contributed by atoms with Crippen LogP contribution in [0.3, 0.4) is 0 Å². The maximum absolute atomic E-state index is 12.7. The fourth-order valence-corrected chi connectivity index (χ4v) is 3.76. The number of nitrogens with one attached hydrogen (secondary N) is 1. The summed E-state index contributed by atoms with van der Waals surface area (Å²) < 4.78 is 5.50. The Morgan fingerprint density at radius 2 is 2.00 bits per heavy atom. The van der Waals surface area contributed by atoms with Gasteiger partial charge in [-0.1, -0.05) is 43.6 Å². The predicted molar refractivity (Wildman–Crippen MR) is 87.1 cm³/mol. The Kier molecular flexibility index (Phi) is 3.52. The smallest absolute Gasteiger partial charge is 0.313 e. The normalized spacial score (nSPS) is 31.4. The summed E-state index contributed by atoms with van der Waals surface area (Å²) in [6.45, 7) is 5.68. The molecule has 2 bridgehead atoms. The summed E-state index contributed by atoms with van der Waals surface area (Å²) in [7, 11) is 0. The van der Waals surface area contributed by atoms with Crippen molar-refractivity contribution in [1.29, 1.82) is 0 Å². The van der Waals surface area contributed by atoms with Gasteiger partial charge in [-0.2, -0.15) is 5.10 Å². The molecule has 1 saturated heterocycles. The second kappa shape index (κ2) is 5.06. The van der Waals surface area contributed by atoms with E-state index in [1.54, 1.807) is 12.1 Å². The number of fused-ring (bicyclic) bond motifs is 2. The van der Waals surface area contributed by atoms with E-state index in [1.807, 2.05) is 32.9 Å². The fourth-order valence-electron chi connectivity index (χ4n) is 3.58. The van der Waals surface area contributed by atoms with Gasteiger partial charge in [0.05, 0.1) is 11.6 Å². The second-order valence-electron chi connectivity index (χ2n) is 6.89. The average Bonchev–Trinajstić information content (AvgIpc) is 2.79. The number of benzene rings is 1. The molecule has 23 heavy (non-hydrogen) atoms. The van der Waals surface area contributed by atoms with E-state index in [0.29, 0.717) is 23.4 Å². The van der Waals surface area contributed by atoms with E-state index in [1.165, 1.54) is 6.21 Å². The molecule has 1 aromatic rings. The third-order valence-corrected chi connectivity index (χ3v) is 6.07. The van der Waals surface area contributed by atoms with Crippen LogP contribution >= 0.6 is 11.6 Å². The molecule has 2 fully saturated rings. The van der Waals surface area contributed by atoms with Crippen LogP contribution in [0.15, 0.2) is 29.4 Å². The number of amides is 1. The first-order valence-corrected chi connectivity index (χ1v) is 7.94. The lowest BCUT2D eigenvalue weighted by Gasteiger charge is -2.34. The number of hydrazone groups is 1. The molecule has 1 heterocycles. The minimum Gasteiger partial charge on any atom is -0.448 e. The number of carbonyl (C=O) groups excluding carboxylic acids is 2. The Hall–Kier alpha value is -1.88. The van der Waals surface area contributed by atoms with Crippen molar-refractivity contribution in [2.24, 2.45) is 15.9 Å². The number of hydrogen-bond acceptors (Lipinski definition) is 4. The Balaban J connectivity index is 1.79. The lowest BCUT2D eigenvalue weighted by atomic mass is 9.66. The molecule has 1 saturated carbocycles. The van der Waals surface area contributed by atoms with E-state index in [-0.39, 0.29) is 11.9 Å². The van der Waals surface area contributed by atoms with Gasteiger partial charge in [0.15, 0.2) is 5.60 Å². The van der Waals surface area contributed by atoms with Crippen LogP contribution in [0.5, 0.6) is 0 Å². The molecule has 6 heteroatoms. The van der Waals surface area contributed by atoms with Gasteiger partial charge in [-0.15, -0.1) is 0 Å². The molecule has 1 amide bonds. The number of halogens is 1. The summed E-state index contributed by atoms with van der Waals surface area (Å²) in [5, 5.41) is 4.52. The summed E-state index contributed by atoms with van der Waals surface area (Å²) in [6, 6.07) is 7.19. The number of nitrogens with zero attached hydrogens (tertiary/aromatic N) is 1. The van der Waals surface area contributed by atoms with Crippen LogP contribution < -0.4 is 5.43 Å². The van der Waals surface area contributed by atoms with Crippen molar-refractivity contribution in [3.63, 3.8) is 0 Å². The zero-order chi connectivity index (χ0) is 16.9. The summed E-state index contributed by atoms with van der Waals surface area (Å²) in [5.74, 6) is -0.695.